The van der Waals surface area contributed by atoms with Crippen molar-refractivity contribution in [3.63, 3.8) is 0 Å². The Balaban J connectivity index is 1.84. The topological polar surface area (TPSA) is 62.7 Å². The molecule has 1 aliphatic heterocycles. The summed E-state index contributed by atoms with van der Waals surface area (Å²) in [7, 11) is 0. The van der Waals surface area contributed by atoms with E-state index in [9.17, 15) is 4.79 Å². The van der Waals surface area contributed by atoms with Crippen LogP contribution in [-0.2, 0) is 4.84 Å². The van der Waals surface area contributed by atoms with E-state index < -0.39 is 5.60 Å². The fourth-order valence-corrected chi connectivity index (χ4v) is 2.07. The van der Waals surface area contributed by atoms with Gasteiger partial charge in [0.15, 0.2) is 5.60 Å². The van der Waals surface area contributed by atoms with Crippen molar-refractivity contribution >= 4 is 29.0 Å². The van der Waals surface area contributed by atoms with Crippen molar-refractivity contribution in [2.45, 2.75) is 25.9 Å². The van der Waals surface area contributed by atoms with Gasteiger partial charge in [-0.15, -0.1) is 0 Å². The second kappa shape index (κ2) is 5.48. The van der Waals surface area contributed by atoms with Gasteiger partial charge in [-0.3, -0.25) is 0 Å². The molecule has 5 nitrogen and oxygen atoms in total. The largest absolute Gasteiger partial charge is 0.387 e. The Bertz CT molecular complexity index is 518. The number of para-hydroxylation sites is 1. The van der Waals surface area contributed by atoms with Gasteiger partial charge in [0.05, 0.1) is 23.0 Å². The molecular weight excluding hydrogens is 266 g/mol. The van der Waals surface area contributed by atoms with Gasteiger partial charge in [0.1, 0.15) is 0 Å². The summed E-state index contributed by atoms with van der Waals surface area (Å²) >= 11 is 5.96. The Morgan fingerprint density at radius 2 is 2.26 bits per heavy atom. The van der Waals surface area contributed by atoms with Crippen LogP contribution >= 0.6 is 11.6 Å². The van der Waals surface area contributed by atoms with Gasteiger partial charge in [0.25, 0.3) is 0 Å². The Labute approximate surface area is 117 Å². The number of urea groups is 1. The van der Waals surface area contributed by atoms with Gasteiger partial charge in [0.2, 0.25) is 0 Å². The van der Waals surface area contributed by atoms with Crippen molar-refractivity contribution in [2.75, 3.05) is 11.9 Å². The molecule has 102 valence electrons. The number of benzene rings is 1. The highest BCUT2D eigenvalue weighted by molar-refractivity contribution is 6.33. The van der Waals surface area contributed by atoms with Crippen LogP contribution in [0.3, 0.4) is 0 Å². The standard InChI is InChI=1S/C13H16ClN3O2/c1-9-7-13(2,19-17-9)8-15-12(18)16-11-6-4-3-5-10(11)14/h3-6H,7-8H2,1-2H3,(H2,15,16,18)/t13-/m1/s1. The molecule has 2 rings (SSSR count). The minimum atomic E-state index is -0.470. The quantitative estimate of drug-likeness (QED) is 0.894. The lowest BCUT2D eigenvalue weighted by Crippen LogP contribution is -2.42. The number of rotatable bonds is 3. The second-order valence-electron chi connectivity index (χ2n) is 4.83. The molecular formula is C13H16ClN3O2. The van der Waals surface area contributed by atoms with Crippen LogP contribution in [0.5, 0.6) is 0 Å². The zero-order valence-electron chi connectivity index (χ0n) is 10.9. The van der Waals surface area contributed by atoms with E-state index in [1.54, 1.807) is 24.3 Å². The van der Waals surface area contributed by atoms with E-state index >= 15 is 0 Å². The molecule has 19 heavy (non-hydrogen) atoms. The van der Waals surface area contributed by atoms with Crippen molar-refractivity contribution in [1.82, 2.24) is 5.32 Å². The van der Waals surface area contributed by atoms with Crippen molar-refractivity contribution in [3.8, 4) is 0 Å². The molecule has 0 unspecified atom stereocenters. The Morgan fingerprint density at radius 1 is 1.53 bits per heavy atom. The summed E-state index contributed by atoms with van der Waals surface area (Å²) in [5, 5.41) is 9.83. The third-order valence-electron chi connectivity index (χ3n) is 2.80. The molecule has 1 atom stereocenters. The number of oxime groups is 1. The molecule has 2 amide bonds. The molecule has 0 saturated carbocycles. The van der Waals surface area contributed by atoms with Gasteiger partial charge < -0.3 is 15.5 Å². The molecule has 1 heterocycles. The minimum absolute atomic E-state index is 0.317. The molecule has 0 aliphatic carbocycles. The number of amides is 2. The van der Waals surface area contributed by atoms with Crippen LogP contribution < -0.4 is 10.6 Å². The molecule has 0 spiro atoms. The minimum Gasteiger partial charge on any atom is -0.387 e. The highest BCUT2D eigenvalue weighted by Gasteiger charge is 2.32. The zero-order valence-corrected chi connectivity index (χ0v) is 11.6. The fraction of sp³-hybridized carbons (Fsp3) is 0.385. The molecule has 0 aromatic heterocycles. The number of hydrogen-bond donors (Lipinski definition) is 2. The summed E-state index contributed by atoms with van der Waals surface area (Å²) in [5.41, 5.74) is 1.03. The van der Waals surface area contributed by atoms with Gasteiger partial charge in [0, 0.05) is 6.42 Å². The van der Waals surface area contributed by atoms with E-state index in [0.29, 0.717) is 23.7 Å². The summed E-state index contributed by atoms with van der Waals surface area (Å²) in [6, 6.07) is 6.75. The zero-order chi connectivity index (χ0) is 13.9. The highest BCUT2D eigenvalue weighted by atomic mass is 35.5. The SMILES string of the molecule is CC1=NO[C@@](C)(CNC(=O)Nc2ccccc2Cl)C1. The van der Waals surface area contributed by atoms with E-state index in [0.717, 1.165) is 5.71 Å². The van der Waals surface area contributed by atoms with Crippen molar-refractivity contribution in [1.29, 1.82) is 0 Å². The Hall–Kier alpha value is -1.75. The van der Waals surface area contributed by atoms with Crippen LogP contribution in [0.2, 0.25) is 5.02 Å². The summed E-state index contributed by atoms with van der Waals surface area (Å²) in [4.78, 5) is 17.1. The first-order chi connectivity index (χ1) is 8.98. The van der Waals surface area contributed by atoms with Gasteiger partial charge in [-0.25, -0.2) is 4.79 Å². The maximum absolute atomic E-state index is 11.8. The summed E-state index contributed by atoms with van der Waals surface area (Å²) < 4.78 is 0. The number of hydrogen-bond acceptors (Lipinski definition) is 3. The molecule has 0 bridgehead atoms. The average molecular weight is 282 g/mol. The number of nitrogens with zero attached hydrogens (tertiary/aromatic N) is 1. The molecule has 0 saturated heterocycles. The van der Waals surface area contributed by atoms with Crippen molar-refractivity contribution in [3.05, 3.63) is 29.3 Å². The summed E-state index contributed by atoms with van der Waals surface area (Å²) in [6.07, 6.45) is 0.708. The highest BCUT2D eigenvalue weighted by Crippen LogP contribution is 2.23. The van der Waals surface area contributed by atoms with Crippen molar-refractivity contribution < 1.29 is 9.63 Å². The van der Waals surface area contributed by atoms with Crippen LogP contribution in [0, 0.1) is 0 Å². The van der Waals surface area contributed by atoms with Gasteiger partial charge in [-0.05, 0) is 26.0 Å². The number of carbonyl (C=O) groups is 1. The predicted molar refractivity (Wildman–Crippen MR) is 75.7 cm³/mol. The lowest BCUT2D eigenvalue weighted by atomic mass is 10.0. The van der Waals surface area contributed by atoms with E-state index in [1.165, 1.54) is 0 Å². The van der Waals surface area contributed by atoms with Crippen LogP contribution in [0.1, 0.15) is 20.3 Å². The summed E-state index contributed by atoms with van der Waals surface area (Å²) in [5.74, 6) is 0. The fourth-order valence-electron chi connectivity index (χ4n) is 1.88. The van der Waals surface area contributed by atoms with E-state index in [4.69, 9.17) is 16.4 Å². The van der Waals surface area contributed by atoms with Gasteiger partial charge >= 0.3 is 6.03 Å². The first kappa shape index (κ1) is 13.7. The van der Waals surface area contributed by atoms with Crippen LogP contribution in [0.25, 0.3) is 0 Å². The normalized spacial score (nSPS) is 21.5. The second-order valence-corrected chi connectivity index (χ2v) is 5.24. The maximum atomic E-state index is 11.8. The average Bonchev–Trinajstić information content (AvgIpc) is 2.71. The predicted octanol–water partition coefficient (Wildman–Crippen LogP) is 3.02. The smallest absolute Gasteiger partial charge is 0.319 e. The van der Waals surface area contributed by atoms with Crippen LogP contribution in [-0.4, -0.2) is 23.9 Å². The van der Waals surface area contributed by atoms with E-state index in [2.05, 4.69) is 15.8 Å². The molecule has 0 radical (unpaired) electrons. The Kier molecular flexibility index (Phi) is 3.95. The first-order valence-electron chi connectivity index (χ1n) is 5.99. The van der Waals surface area contributed by atoms with Gasteiger partial charge in [-0.2, -0.15) is 0 Å². The molecule has 2 N–H and O–H groups in total. The summed E-state index contributed by atoms with van der Waals surface area (Å²) in [6.45, 7) is 4.18. The number of halogens is 1. The van der Waals surface area contributed by atoms with Gasteiger partial charge in [-0.1, -0.05) is 28.9 Å². The molecule has 0 fully saturated rings. The monoisotopic (exact) mass is 281 g/mol. The molecule has 1 aliphatic rings. The van der Waals surface area contributed by atoms with Crippen LogP contribution in [0.15, 0.2) is 29.4 Å². The van der Waals surface area contributed by atoms with Crippen LogP contribution in [0.4, 0.5) is 10.5 Å². The van der Waals surface area contributed by atoms with E-state index in [-0.39, 0.29) is 6.03 Å². The third-order valence-corrected chi connectivity index (χ3v) is 3.13. The third kappa shape index (κ3) is 3.61. The lowest BCUT2D eigenvalue weighted by molar-refractivity contribution is -0.0000957. The Morgan fingerprint density at radius 3 is 2.89 bits per heavy atom. The number of nitrogens with one attached hydrogen (secondary N) is 2. The van der Waals surface area contributed by atoms with Crippen molar-refractivity contribution in [2.24, 2.45) is 5.16 Å². The molecule has 6 heteroatoms. The number of anilines is 1. The van der Waals surface area contributed by atoms with E-state index in [1.807, 2.05) is 13.8 Å². The first-order valence-corrected chi connectivity index (χ1v) is 6.37. The molecule has 1 aromatic rings. The number of carbonyl (C=O) groups excluding carboxylic acids is 1. The maximum Gasteiger partial charge on any atom is 0.319 e. The molecule has 1 aromatic carbocycles. The lowest BCUT2D eigenvalue weighted by Gasteiger charge is -2.21.